The first-order chi connectivity index (χ1) is 6.07. The van der Waals surface area contributed by atoms with Crippen LogP contribution in [0, 0.1) is 11.6 Å². The van der Waals surface area contributed by atoms with Gasteiger partial charge in [-0.2, -0.15) is 0 Å². The molecular weight excluding hydrogens is 196 g/mol. The molecule has 13 heavy (non-hydrogen) atoms. The van der Waals surface area contributed by atoms with Crippen molar-refractivity contribution in [1.29, 1.82) is 0 Å². The van der Waals surface area contributed by atoms with Gasteiger partial charge in [0, 0.05) is 11.6 Å². The van der Waals surface area contributed by atoms with Crippen molar-refractivity contribution in [3.63, 3.8) is 0 Å². The molecule has 1 atom stereocenters. The van der Waals surface area contributed by atoms with Gasteiger partial charge in [-0.1, -0.05) is 18.5 Å². The van der Waals surface area contributed by atoms with Crippen LogP contribution < -0.4 is 5.73 Å². The first-order valence-electron chi connectivity index (χ1n) is 3.96. The maximum absolute atomic E-state index is 13.2. The molecule has 0 fully saturated rings. The molecule has 0 aliphatic rings. The van der Waals surface area contributed by atoms with Crippen LogP contribution in [-0.4, -0.2) is 0 Å². The monoisotopic (exact) mass is 205 g/mol. The van der Waals surface area contributed by atoms with Gasteiger partial charge in [-0.15, -0.1) is 0 Å². The summed E-state index contributed by atoms with van der Waals surface area (Å²) in [6.45, 7) is 1.75. The van der Waals surface area contributed by atoms with Crippen molar-refractivity contribution in [3.05, 3.63) is 34.4 Å². The van der Waals surface area contributed by atoms with E-state index in [1.165, 1.54) is 6.07 Å². The molecule has 0 unspecified atom stereocenters. The SMILES string of the molecule is CC[C@@H](N)c1c(F)ccc(Cl)c1F. The molecule has 0 heterocycles. The Balaban J connectivity index is 3.25. The molecule has 4 heteroatoms. The van der Waals surface area contributed by atoms with Gasteiger partial charge in [-0.05, 0) is 18.6 Å². The Hall–Kier alpha value is -0.670. The van der Waals surface area contributed by atoms with Gasteiger partial charge < -0.3 is 5.73 Å². The summed E-state index contributed by atoms with van der Waals surface area (Å²) in [4.78, 5) is 0. The molecule has 0 aliphatic carbocycles. The molecule has 0 amide bonds. The van der Waals surface area contributed by atoms with E-state index in [0.717, 1.165) is 6.07 Å². The Morgan fingerprint density at radius 2 is 2.08 bits per heavy atom. The highest BCUT2D eigenvalue weighted by molar-refractivity contribution is 6.30. The Labute approximate surface area is 80.5 Å². The van der Waals surface area contributed by atoms with Gasteiger partial charge in [0.05, 0.1) is 5.02 Å². The van der Waals surface area contributed by atoms with E-state index in [0.29, 0.717) is 6.42 Å². The lowest BCUT2D eigenvalue weighted by Gasteiger charge is -2.11. The van der Waals surface area contributed by atoms with Crippen molar-refractivity contribution in [2.45, 2.75) is 19.4 Å². The van der Waals surface area contributed by atoms with E-state index in [-0.39, 0.29) is 10.6 Å². The summed E-state index contributed by atoms with van der Waals surface area (Å²) in [6.07, 6.45) is 0.466. The zero-order chi connectivity index (χ0) is 10.0. The lowest BCUT2D eigenvalue weighted by molar-refractivity contribution is 0.521. The lowest BCUT2D eigenvalue weighted by Crippen LogP contribution is -2.13. The summed E-state index contributed by atoms with van der Waals surface area (Å²) in [6, 6.07) is 1.66. The van der Waals surface area contributed by atoms with Gasteiger partial charge >= 0.3 is 0 Å². The van der Waals surface area contributed by atoms with E-state index in [9.17, 15) is 8.78 Å². The van der Waals surface area contributed by atoms with Crippen molar-refractivity contribution < 1.29 is 8.78 Å². The fourth-order valence-corrected chi connectivity index (χ4v) is 1.25. The second-order valence-electron chi connectivity index (χ2n) is 2.77. The molecule has 2 N–H and O–H groups in total. The summed E-state index contributed by atoms with van der Waals surface area (Å²) in [5, 5.41) is -0.0969. The minimum Gasteiger partial charge on any atom is -0.324 e. The van der Waals surface area contributed by atoms with Crippen LogP contribution in [0.25, 0.3) is 0 Å². The van der Waals surface area contributed by atoms with Gasteiger partial charge in [-0.25, -0.2) is 8.78 Å². The molecule has 0 aromatic heterocycles. The van der Waals surface area contributed by atoms with E-state index in [2.05, 4.69) is 0 Å². The third-order valence-corrected chi connectivity index (χ3v) is 2.18. The minimum atomic E-state index is -0.754. The van der Waals surface area contributed by atoms with Crippen LogP contribution in [0.4, 0.5) is 8.78 Å². The van der Waals surface area contributed by atoms with Crippen LogP contribution in [0.5, 0.6) is 0 Å². The summed E-state index contributed by atoms with van der Waals surface area (Å²) in [5.41, 5.74) is 5.40. The zero-order valence-corrected chi connectivity index (χ0v) is 7.91. The molecule has 1 aromatic carbocycles. The average Bonchev–Trinajstić information content (AvgIpc) is 2.12. The van der Waals surface area contributed by atoms with Crippen LogP contribution in [0.1, 0.15) is 24.9 Å². The van der Waals surface area contributed by atoms with Gasteiger partial charge in [0.2, 0.25) is 0 Å². The largest absolute Gasteiger partial charge is 0.324 e. The summed E-state index contributed by atoms with van der Waals surface area (Å²) >= 11 is 5.49. The highest BCUT2D eigenvalue weighted by Gasteiger charge is 2.17. The van der Waals surface area contributed by atoms with Gasteiger partial charge in [0.15, 0.2) is 0 Å². The van der Waals surface area contributed by atoms with Crippen molar-refractivity contribution in [3.8, 4) is 0 Å². The van der Waals surface area contributed by atoms with E-state index < -0.39 is 17.7 Å². The van der Waals surface area contributed by atoms with Crippen LogP contribution in [0.3, 0.4) is 0 Å². The Kier molecular flexibility index (Phi) is 3.22. The summed E-state index contributed by atoms with van der Waals surface area (Å²) in [7, 11) is 0. The van der Waals surface area contributed by atoms with Crippen LogP contribution in [0.2, 0.25) is 5.02 Å². The quantitative estimate of drug-likeness (QED) is 0.738. The molecule has 1 rings (SSSR count). The number of hydrogen-bond donors (Lipinski definition) is 1. The highest BCUT2D eigenvalue weighted by atomic mass is 35.5. The van der Waals surface area contributed by atoms with Crippen molar-refractivity contribution in [2.75, 3.05) is 0 Å². The molecule has 0 radical (unpaired) electrons. The number of benzene rings is 1. The van der Waals surface area contributed by atoms with Crippen molar-refractivity contribution >= 4 is 11.6 Å². The standard InChI is InChI=1S/C9H10ClF2N/c1-2-7(13)8-6(11)4-3-5(10)9(8)12/h3-4,7H,2,13H2,1H3/t7-/m1/s1. The third-order valence-electron chi connectivity index (χ3n) is 1.89. The van der Waals surface area contributed by atoms with Crippen LogP contribution in [-0.2, 0) is 0 Å². The zero-order valence-electron chi connectivity index (χ0n) is 7.15. The molecular formula is C9H10ClF2N. The van der Waals surface area contributed by atoms with Crippen molar-refractivity contribution in [2.24, 2.45) is 5.73 Å². The topological polar surface area (TPSA) is 26.0 Å². The van der Waals surface area contributed by atoms with Gasteiger partial charge in [0.1, 0.15) is 11.6 Å². The predicted octanol–water partition coefficient (Wildman–Crippen LogP) is 3.03. The average molecular weight is 206 g/mol. The van der Waals surface area contributed by atoms with E-state index in [4.69, 9.17) is 17.3 Å². The number of hydrogen-bond acceptors (Lipinski definition) is 1. The van der Waals surface area contributed by atoms with Crippen LogP contribution >= 0.6 is 11.6 Å². The normalized spacial score (nSPS) is 13.0. The van der Waals surface area contributed by atoms with E-state index in [1.54, 1.807) is 6.92 Å². The minimum absolute atomic E-state index is 0.0969. The maximum Gasteiger partial charge on any atom is 0.149 e. The molecule has 0 aliphatic heterocycles. The smallest absolute Gasteiger partial charge is 0.149 e. The fourth-order valence-electron chi connectivity index (χ4n) is 1.09. The maximum atomic E-state index is 13.2. The van der Waals surface area contributed by atoms with E-state index in [1.807, 2.05) is 0 Å². The number of halogens is 3. The molecule has 0 bridgehead atoms. The highest BCUT2D eigenvalue weighted by Crippen LogP contribution is 2.26. The summed E-state index contributed by atoms with van der Waals surface area (Å²) < 4.78 is 26.3. The second-order valence-corrected chi connectivity index (χ2v) is 3.18. The molecule has 0 saturated heterocycles. The fraction of sp³-hybridized carbons (Fsp3) is 0.333. The predicted molar refractivity (Wildman–Crippen MR) is 48.6 cm³/mol. The van der Waals surface area contributed by atoms with Crippen LogP contribution in [0.15, 0.2) is 12.1 Å². The molecule has 1 nitrogen and oxygen atoms in total. The first kappa shape index (κ1) is 10.4. The Bertz CT molecular complexity index is 315. The van der Waals surface area contributed by atoms with Crippen molar-refractivity contribution in [1.82, 2.24) is 0 Å². The third kappa shape index (κ3) is 1.98. The molecule has 0 spiro atoms. The molecule has 1 aromatic rings. The number of nitrogens with two attached hydrogens (primary N) is 1. The number of rotatable bonds is 2. The molecule has 72 valence electrons. The van der Waals surface area contributed by atoms with E-state index >= 15 is 0 Å². The second kappa shape index (κ2) is 4.03. The lowest BCUT2D eigenvalue weighted by atomic mass is 10.0. The first-order valence-corrected chi connectivity index (χ1v) is 4.34. The van der Waals surface area contributed by atoms with Gasteiger partial charge in [-0.3, -0.25) is 0 Å². The Morgan fingerprint density at radius 1 is 1.46 bits per heavy atom. The Morgan fingerprint density at radius 3 is 2.62 bits per heavy atom. The summed E-state index contributed by atoms with van der Waals surface area (Å²) in [5.74, 6) is -1.40. The molecule has 0 saturated carbocycles. The van der Waals surface area contributed by atoms with Gasteiger partial charge in [0.25, 0.3) is 0 Å².